The Balaban J connectivity index is 1.83. The van der Waals surface area contributed by atoms with E-state index in [1.165, 1.54) is 0 Å². The number of hydrogen-bond donors (Lipinski definition) is 0. The molecule has 0 aromatic heterocycles. The monoisotopic (exact) mass is 354 g/mol. The average molecular weight is 354 g/mol. The standard InChI is InChI=1S/C18H26O7/c19-18-15-23-14-17(16-4-2-1-3-5-16)24-12-10-21-8-6-20-7-9-22-11-13-25-18/h1-5,17H,6-15H2. The van der Waals surface area contributed by atoms with Gasteiger partial charge in [0.1, 0.15) is 19.3 Å². The minimum Gasteiger partial charge on any atom is -0.462 e. The number of carbonyl (C=O) groups is 1. The fraction of sp³-hybridized carbons (Fsp3) is 0.611. The second kappa shape index (κ2) is 12.8. The summed E-state index contributed by atoms with van der Waals surface area (Å²) in [7, 11) is 0. The summed E-state index contributed by atoms with van der Waals surface area (Å²) in [5, 5.41) is 0. The van der Waals surface area contributed by atoms with Gasteiger partial charge in [-0.15, -0.1) is 0 Å². The third kappa shape index (κ3) is 8.94. The molecular weight excluding hydrogens is 328 g/mol. The van der Waals surface area contributed by atoms with Crippen LogP contribution in [0.1, 0.15) is 11.7 Å². The lowest BCUT2D eigenvalue weighted by Gasteiger charge is -2.18. The molecule has 25 heavy (non-hydrogen) atoms. The lowest BCUT2D eigenvalue weighted by Crippen LogP contribution is -2.21. The second-order valence-electron chi connectivity index (χ2n) is 5.34. The molecule has 0 saturated carbocycles. The van der Waals surface area contributed by atoms with E-state index in [9.17, 15) is 4.79 Å². The van der Waals surface area contributed by atoms with Crippen molar-refractivity contribution >= 4 is 5.97 Å². The maximum atomic E-state index is 11.6. The summed E-state index contributed by atoms with van der Waals surface area (Å²) in [5.41, 5.74) is 0.988. The van der Waals surface area contributed by atoms with E-state index in [2.05, 4.69) is 0 Å². The molecule has 0 radical (unpaired) electrons. The van der Waals surface area contributed by atoms with Gasteiger partial charge >= 0.3 is 5.97 Å². The van der Waals surface area contributed by atoms with E-state index in [1.807, 2.05) is 30.3 Å². The first-order chi connectivity index (χ1) is 12.4. The molecule has 1 fully saturated rings. The van der Waals surface area contributed by atoms with Crippen LogP contribution in [0.2, 0.25) is 0 Å². The zero-order chi connectivity index (χ0) is 17.6. The number of rotatable bonds is 1. The summed E-state index contributed by atoms with van der Waals surface area (Å²) < 4.78 is 32.5. The number of benzene rings is 1. The quantitative estimate of drug-likeness (QED) is 0.705. The van der Waals surface area contributed by atoms with Crippen LogP contribution in [0.4, 0.5) is 0 Å². The van der Waals surface area contributed by atoms with Gasteiger partial charge in [0.2, 0.25) is 0 Å². The Hall–Kier alpha value is -1.51. The summed E-state index contributed by atoms with van der Waals surface area (Å²) >= 11 is 0. The summed E-state index contributed by atoms with van der Waals surface area (Å²) in [5.74, 6) is -0.420. The van der Waals surface area contributed by atoms with Crippen molar-refractivity contribution in [1.82, 2.24) is 0 Å². The molecule has 1 aliphatic heterocycles. The van der Waals surface area contributed by atoms with Gasteiger partial charge in [-0.3, -0.25) is 0 Å². The van der Waals surface area contributed by atoms with Gasteiger partial charge in [-0.25, -0.2) is 4.79 Å². The van der Waals surface area contributed by atoms with Gasteiger partial charge in [0.15, 0.2) is 0 Å². The van der Waals surface area contributed by atoms with Crippen LogP contribution >= 0.6 is 0 Å². The fourth-order valence-corrected chi connectivity index (χ4v) is 2.20. The molecule has 1 aliphatic rings. The first-order valence-electron chi connectivity index (χ1n) is 8.49. The van der Waals surface area contributed by atoms with Gasteiger partial charge in [-0.05, 0) is 5.56 Å². The van der Waals surface area contributed by atoms with E-state index in [1.54, 1.807) is 0 Å². The minimum atomic E-state index is -0.420. The van der Waals surface area contributed by atoms with Gasteiger partial charge in [0, 0.05) is 0 Å². The third-order valence-electron chi connectivity index (χ3n) is 3.44. The fourth-order valence-electron chi connectivity index (χ4n) is 2.20. The van der Waals surface area contributed by atoms with Crippen molar-refractivity contribution < 1.29 is 33.2 Å². The lowest BCUT2D eigenvalue weighted by molar-refractivity contribution is -0.152. The molecule has 1 saturated heterocycles. The highest BCUT2D eigenvalue weighted by Crippen LogP contribution is 2.17. The van der Waals surface area contributed by atoms with Gasteiger partial charge < -0.3 is 28.4 Å². The van der Waals surface area contributed by atoms with Crippen LogP contribution in [0.25, 0.3) is 0 Å². The normalized spacial score (nSPS) is 23.2. The molecule has 2 rings (SSSR count). The zero-order valence-electron chi connectivity index (χ0n) is 14.4. The number of hydrogen-bond acceptors (Lipinski definition) is 7. The van der Waals surface area contributed by atoms with Crippen LogP contribution in [0.5, 0.6) is 0 Å². The minimum absolute atomic E-state index is 0.119. The van der Waals surface area contributed by atoms with Crippen molar-refractivity contribution in [3.8, 4) is 0 Å². The van der Waals surface area contributed by atoms with Gasteiger partial charge in [-0.2, -0.15) is 0 Å². The molecule has 1 atom stereocenters. The van der Waals surface area contributed by atoms with Crippen LogP contribution in [0, 0.1) is 0 Å². The molecule has 1 aromatic rings. The van der Waals surface area contributed by atoms with E-state index < -0.39 is 5.97 Å². The van der Waals surface area contributed by atoms with Crippen LogP contribution in [-0.4, -0.2) is 72.0 Å². The molecule has 7 heteroatoms. The molecule has 0 N–H and O–H groups in total. The van der Waals surface area contributed by atoms with Crippen molar-refractivity contribution in [2.75, 3.05) is 66.1 Å². The van der Waals surface area contributed by atoms with Crippen LogP contribution < -0.4 is 0 Å². The van der Waals surface area contributed by atoms with Crippen LogP contribution in [0.3, 0.4) is 0 Å². The Morgan fingerprint density at radius 3 is 2.00 bits per heavy atom. The summed E-state index contributed by atoms with van der Waals surface area (Å²) in [6, 6.07) is 9.74. The molecule has 1 heterocycles. The van der Waals surface area contributed by atoms with Crippen molar-refractivity contribution in [1.29, 1.82) is 0 Å². The predicted octanol–water partition coefficient (Wildman–Crippen LogP) is 1.37. The predicted molar refractivity (Wildman–Crippen MR) is 89.4 cm³/mol. The molecule has 0 bridgehead atoms. The van der Waals surface area contributed by atoms with Crippen molar-refractivity contribution in [2.24, 2.45) is 0 Å². The van der Waals surface area contributed by atoms with E-state index in [0.29, 0.717) is 46.2 Å². The lowest BCUT2D eigenvalue weighted by atomic mass is 10.1. The van der Waals surface area contributed by atoms with Gasteiger partial charge in [-0.1, -0.05) is 30.3 Å². The molecule has 0 amide bonds. The Morgan fingerprint density at radius 1 is 0.720 bits per heavy atom. The highest BCUT2D eigenvalue weighted by atomic mass is 16.6. The SMILES string of the molecule is O=C1COCC(c2ccccc2)OCCOCCOCCOCCO1. The van der Waals surface area contributed by atoms with E-state index in [-0.39, 0.29) is 25.9 Å². The second-order valence-corrected chi connectivity index (χ2v) is 5.34. The van der Waals surface area contributed by atoms with Gasteiger partial charge in [0.25, 0.3) is 0 Å². The smallest absolute Gasteiger partial charge is 0.332 e. The molecule has 1 unspecified atom stereocenters. The molecule has 0 aliphatic carbocycles. The maximum Gasteiger partial charge on any atom is 0.332 e. The Morgan fingerprint density at radius 2 is 1.32 bits per heavy atom. The number of cyclic esters (lactones) is 1. The Kier molecular flexibility index (Phi) is 10.1. The molecule has 1 aromatic carbocycles. The van der Waals surface area contributed by atoms with E-state index >= 15 is 0 Å². The molecule has 7 nitrogen and oxygen atoms in total. The van der Waals surface area contributed by atoms with Crippen molar-refractivity contribution in [3.05, 3.63) is 35.9 Å². The van der Waals surface area contributed by atoms with Crippen LogP contribution in [0.15, 0.2) is 30.3 Å². The van der Waals surface area contributed by atoms with Gasteiger partial charge in [0.05, 0.1) is 52.9 Å². The molecule has 0 spiro atoms. The Bertz CT molecular complexity index is 466. The third-order valence-corrected chi connectivity index (χ3v) is 3.44. The van der Waals surface area contributed by atoms with Crippen molar-refractivity contribution in [3.63, 3.8) is 0 Å². The first kappa shape index (κ1) is 19.8. The number of carbonyl (C=O) groups excluding carboxylic acids is 1. The topological polar surface area (TPSA) is 72.5 Å². The first-order valence-corrected chi connectivity index (χ1v) is 8.49. The van der Waals surface area contributed by atoms with E-state index in [0.717, 1.165) is 5.56 Å². The Labute approximate surface area is 148 Å². The summed E-state index contributed by atoms with van der Waals surface area (Å²) in [6.45, 7) is 3.51. The van der Waals surface area contributed by atoms with Crippen LogP contribution in [-0.2, 0) is 33.2 Å². The van der Waals surface area contributed by atoms with E-state index in [4.69, 9.17) is 28.4 Å². The largest absolute Gasteiger partial charge is 0.462 e. The average Bonchev–Trinajstić information content (AvgIpc) is 2.64. The molecular formula is C18H26O7. The number of esters is 1. The van der Waals surface area contributed by atoms with Crippen molar-refractivity contribution in [2.45, 2.75) is 6.10 Å². The number of ether oxygens (including phenoxy) is 6. The highest BCUT2D eigenvalue weighted by molar-refractivity contribution is 5.70. The zero-order valence-corrected chi connectivity index (χ0v) is 14.4. The highest BCUT2D eigenvalue weighted by Gasteiger charge is 2.14. The summed E-state index contributed by atoms with van der Waals surface area (Å²) in [6.07, 6.45) is -0.268. The molecule has 140 valence electrons. The maximum absolute atomic E-state index is 11.6. The summed E-state index contributed by atoms with van der Waals surface area (Å²) in [4.78, 5) is 11.6.